The van der Waals surface area contributed by atoms with Gasteiger partial charge in [0, 0.05) is 4.47 Å². The summed E-state index contributed by atoms with van der Waals surface area (Å²) in [5.74, 6) is 0. The number of hydrogen-bond acceptors (Lipinski definition) is 0. The van der Waals surface area contributed by atoms with Gasteiger partial charge in [0.25, 0.3) is 0 Å². The molecule has 0 fully saturated rings. The third-order valence-corrected chi connectivity index (χ3v) is 6.21. The number of hydrogen-bond donors (Lipinski definition) is 0. The Labute approximate surface area is 210 Å². The van der Waals surface area contributed by atoms with E-state index >= 15 is 0 Å². The second kappa shape index (κ2) is 15.5. The normalized spacial score (nSPS) is 11.4. The number of aryl methyl sites for hydroxylation is 1. The standard InChI is InChI=1S/C30H33Br.C2H6/c1-3-12-24(4-2)13-7-5-6-8-14-25-15-9-16-26(21-25)27-17-10-18-28(22-27)29-19-11-20-30(31)23-29;1-2/h3-4,9-12,15-23H,5-8,13-14H2,1-2H3;1-2H3/b12-3-,24-4+;. The van der Waals surface area contributed by atoms with Crippen LogP contribution in [0.15, 0.2) is 101 Å². The minimum absolute atomic E-state index is 1.11. The van der Waals surface area contributed by atoms with Gasteiger partial charge in [0.05, 0.1) is 0 Å². The molecular formula is C32H39Br. The van der Waals surface area contributed by atoms with E-state index in [0.717, 1.165) is 10.9 Å². The van der Waals surface area contributed by atoms with Crippen molar-refractivity contribution in [3.8, 4) is 22.3 Å². The highest BCUT2D eigenvalue weighted by Gasteiger charge is 2.04. The van der Waals surface area contributed by atoms with Crippen LogP contribution in [0.5, 0.6) is 0 Å². The molecule has 0 saturated carbocycles. The number of unbranched alkanes of at least 4 members (excludes halogenated alkanes) is 3. The van der Waals surface area contributed by atoms with Crippen LogP contribution < -0.4 is 0 Å². The summed E-state index contributed by atoms with van der Waals surface area (Å²) in [5, 5.41) is 0. The van der Waals surface area contributed by atoms with Crippen LogP contribution in [0, 0.1) is 0 Å². The highest BCUT2D eigenvalue weighted by Crippen LogP contribution is 2.28. The van der Waals surface area contributed by atoms with Gasteiger partial charge in [-0.15, -0.1) is 0 Å². The third kappa shape index (κ3) is 9.18. The maximum absolute atomic E-state index is 3.58. The highest BCUT2D eigenvalue weighted by molar-refractivity contribution is 9.10. The molecule has 0 aliphatic heterocycles. The molecule has 0 unspecified atom stereocenters. The molecule has 3 aromatic carbocycles. The molecule has 0 aliphatic carbocycles. The molecule has 0 aromatic heterocycles. The lowest BCUT2D eigenvalue weighted by Crippen LogP contribution is -1.89. The monoisotopic (exact) mass is 502 g/mol. The zero-order chi connectivity index (χ0) is 23.9. The summed E-state index contributed by atoms with van der Waals surface area (Å²) in [6.07, 6.45) is 14.1. The zero-order valence-corrected chi connectivity index (χ0v) is 22.4. The van der Waals surface area contributed by atoms with E-state index in [1.807, 2.05) is 13.8 Å². The maximum Gasteiger partial charge on any atom is 0.0181 e. The first-order chi connectivity index (χ1) is 16.2. The molecule has 0 N–H and O–H groups in total. The predicted molar refractivity (Wildman–Crippen MR) is 152 cm³/mol. The average Bonchev–Trinajstić information content (AvgIpc) is 2.87. The van der Waals surface area contributed by atoms with Crippen molar-refractivity contribution in [3.05, 3.63) is 107 Å². The summed E-state index contributed by atoms with van der Waals surface area (Å²) in [5.41, 5.74) is 7.97. The summed E-state index contributed by atoms with van der Waals surface area (Å²) in [7, 11) is 0. The smallest absolute Gasteiger partial charge is 0.0181 e. The van der Waals surface area contributed by atoms with Gasteiger partial charge < -0.3 is 0 Å². The Bertz CT molecular complexity index is 1030. The average molecular weight is 504 g/mol. The zero-order valence-electron chi connectivity index (χ0n) is 20.8. The van der Waals surface area contributed by atoms with Crippen molar-refractivity contribution in [2.24, 2.45) is 0 Å². The van der Waals surface area contributed by atoms with Crippen molar-refractivity contribution >= 4 is 15.9 Å². The summed E-state index contributed by atoms with van der Waals surface area (Å²) in [6.45, 7) is 8.23. The molecule has 0 radical (unpaired) electrons. The van der Waals surface area contributed by atoms with Gasteiger partial charge in [0.2, 0.25) is 0 Å². The fourth-order valence-corrected chi connectivity index (χ4v) is 4.40. The minimum atomic E-state index is 1.11. The number of allylic oxidation sites excluding steroid dienone is 4. The highest BCUT2D eigenvalue weighted by atomic mass is 79.9. The molecule has 1 heteroatoms. The van der Waals surface area contributed by atoms with Crippen LogP contribution in [0.4, 0.5) is 0 Å². The number of rotatable bonds is 10. The molecule has 0 nitrogen and oxygen atoms in total. The third-order valence-electron chi connectivity index (χ3n) is 5.71. The Balaban J connectivity index is 0.00000187. The van der Waals surface area contributed by atoms with Crippen LogP contribution in [0.2, 0.25) is 0 Å². The number of benzene rings is 3. The van der Waals surface area contributed by atoms with Crippen LogP contribution in [0.25, 0.3) is 22.3 Å². The molecule has 3 rings (SSSR count). The van der Waals surface area contributed by atoms with Gasteiger partial charge in [-0.05, 0) is 85.5 Å². The second-order valence-corrected chi connectivity index (χ2v) is 8.99. The van der Waals surface area contributed by atoms with E-state index in [9.17, 15) is 0 Å². The molecule has 0 heterocycles. The van der Waals surface area contributed by atoms with Crippen molar-refractivity contribution in [1.29, 1.82) is 0 Å². The van der Waals surface area contributed by atoms with Crippen LogP contribution in [-0.2, 0) is 6.42 Å². The minimum Gasteiger partial charge on any atom is -0.0874 e. The Morgan fingerprint density at radius 2 is 1.27 bits per heavy atom. The van der Waals surface area contributed by atoms with Gasteiger partial charge >= 0.3 is 0 Å². The van der Waals surface area contributed by atoms with Crippen LogP contribution in [-0.4, -0.2) is 0 Å². The largest absolute Gasteiger partial charge is 0.0874 e. The first-order valence-electron chi connectivity index (χ1n) is 12.4. The first-order valence-corrected chi connectivity index (χ1v) is 13.2. The molecule has 33 heavy (non-hydrogen) atoms. The number of halogens is 1. The fraction of sp³-hybridized carbons (Fsp3) is 0.312. The lowest BCUT2D eigenvalue weighted by atomic mass is 9.96. The Hall–Kier alpha value is -2.38. The second-order valence-electron chi connectivity index (χ2n) is 8.07. The molecule has 3 aromatic rings. The molecular weight excluding hydrogens is 464 g/mol. The van der Waals surface area contributed by atoms with Gasteiger partial charge in [-0.1, -0.05) is 121 Å². The van der Waals surface area contributed by atoms with Gasteiger partial charge in [0.15, 0.2) is 0 Å². The molecule has 0 saturated heterocycles. The summed E-state index contributed by atoms with van der Waals surface area (Å²) < 4.78 is 1.11. The quantitative estimate of drug-likeness (QED) is 0.191. The topological polar surface area (TPSA) is 0 Å². The van der Waals surface area contributed by atoms with E-state index in [4.69, 9.17) is 0 Å². The van der Waals surface area contributed by atoms with E-state index in [-0.39, 0.29) is 0 Å². The molecule has 0 atom stereocenters. The maximum atomic E-state index is 3.58. The van der Waals surface area contributed by atoms with E-state index in [1.165, 1.54) is 65.5 Å². The van der Waals surface area contributed by atoms with Crippen LogP contribution in [0.1, 0.15) is 65.4 Å². The van der Waals surface area contributed by atoms with Gasteiger partial charge in [0.1, 0.15) is 0 Å². The van der Waals surface area contributed by atoms with Gasteiger partial charge in [-0.25, -0.2) is 0 Å². The molecule has 0 spiro atoms. The summed E-state index contributed by atoms with van der Waals surface area (Å²) in [6, 6.07) is 26.4. The summed E-state index contributed by atoms with van der Waals surface area (Å²) >= 11 is 3.58. The molecule has 0 amide bonds. The van der Waals surface area contributed by atoms with E-state index in [2.05, 4.69) is 121 Å². The molecule has 174 valence electrons. The van der Waals surface area contributed by atoms with E-state index < -0.39 is 0 Å². The predicted octanol–water partition coefficient (Wildman–Crippen LogP) is 10.8. The lowest BCUT2D eigenvalue weighted by Gasteiger charge is -2.09. The fourth-order valence-electron chi connectivity index (χ4n) is 4.00. The van der Waals surface area contributed by atoms with Gasteiger partial charge in [-0.3, -0.25) is 0 Å². The van der Waals surface area contributed by atoms with E-state index in [0.29, 0.717) is 0 Å². The lowest BCUT2D eigenvalue weighted by molar-refractivity contribution is 0.641. The Kier molecular flexibility index (Phi) is 12.6. The van der Waals surface area contributed by atoms with Crippen molar-refractivity contribution in [2.45, 2.75) is 66.2 Å². The SMILES string of the molecule is C/C=C\C(=C/C)CCCCCCc1cccc(-c2cccc(-c3cccc(Br)c3)c2)c1.CC. The van der Waals surface area contributed by atoms with Crippen molar-refractivity contribution in [2.75, 3.05) is 0 Å². The van der Waals surface area contributed by atoms with Crippen molar-refractivity contribution in [1.82, 2.24) is 0 Å². The van der Waals surface area contributed by atoms with Crippen molar-refractivity contribution < 1.29 is 0 Å². The molecule has 0 bridgehead atoms. The van der Waals surface area contributed by atoms with Crippen LogP contribution in [0.3, 0.4) is 0 Å². The summed E-state index contributed by atoms with van der Waals surface area (Å²) in [4.78, 5) is 0. The van der Waals surface area contributed by atoms with E-state index in [1.54, 1.807) is 0 Å². The Morgan fingerprint density at radius 3 is 1.91 bits per heavy atom. The van der Waals surface area contributed by atoms with Crippen molar-refractivity contribution in [3.63, 3.8) is 0 Å². The van der Waals surface area contributed by atoms with Gasteiger partial charge in [-0.2, -0.15) is 0 Å². The first kappa shape index (κ1) is 26.9. The Morgan fingerprint density at radius 1 is 0.697 bits per heavy atom. The van der Waals surface area contributed by atoms with Crippen LogP contribution >= 0.6 is 15.9 Å². The molecule has 0 aliphatic rings.